The molecule has 0 aliphatic carbocycles. The number of rotatable bonds is 2. The van der Waals surface area contributed by atoms with Gasteiger partial charge >= 0.3 is 5.69 Å². The molecule has 13 heavy (non-hydrogen) atoms. The molecule has 0 heterocycles. The summed E-state index contributed by atoms with van der Waals surface area (Å²) in [6.45, 7) is 0. The van der Waals surface area contributed by atoms with E-state index in [0.717, 1.165) is 0 Å². The van der Waals surface area contributed by atoms with Crippen LogP contribution in [0.25, 0.3) is 0 Å². The van der Waals surface area contributed by atoms with Crippen molar-refractivity contribution in [1.29, 1.82) is 0 Å². The first-order valence-corrected chi connectivity index (χ1v) is 4.32. The Morgan fingerprint density at radius 2 is 2.15 bits per heavy atom. The third kappa shape index (κ3) is 1.87. The molecule has 0 aliphatic rings. The molecule has 0 saturated carbocycles. The molecule has 0 saturated heterocycles. The fourth-order valence-electron chi connectivity index (χ4n) is 0.815. The number of aldehydes is 1. The third-order valence-electron chi connectivity index (χ3n) is 1.41. The molecule has 1 rings (SSSR count). The maximum Gasteiger partial charge on any atom is 0.302 e. The summed E-state index contributed by atoms with van der Waals surface area (Å²) in [6, 6.07) is 2.72. The van der Waals surface area contributed by atoms with Crippen molar-refractivity contribution < 1.29 is 9.72 Å². The zero-order valence-electron chi connectivity index (χ0n) is 6.16. The van der Waals surface area contributed by atoms with Crippen molar-refractivity contribution in [3.63, 3.8) is 0 Å². The number of carbonyl (C=O) groups is 1. The van der Waals surface area contributed by atoms with Crippen molar-refractivity contribution in [3.8, 4) is 0 Å². The van der Waals surface area contributed by atoms with Gasteiger partial charge in [-0.05, 0) is 28.1 Å². The van der Waals surface area contributed by atoms with Crippen LogP contribution in [0.5, 0.6) is 0 Å². The molecule has 0 spiro atoms. The molecule has 6 heteroatoms. The number of benzene rings is 1. The Morgan fingerprint density at radius 3 is 2.62 bits per heavy atom. The number of nitro benzene ring substituents is 1. The largest absolute Gasteiger partial charge is 0.302 e. The van der Waals surface area contributed by atoms with Gasteiger partial charge in [-0.3, -0.25) is 14.9 Å². The van der Waals surface area contributed by atoms with Crippen LogP contribution in [-0.4, -0.2) is 11.2 Å². The molecule has 4 nitrogen and oxygen atoms in total. The van der Waals surface area contributed by atoms with Crippen molar-refractivity contribution in [1.82, 2.24) is 0 Å². The summed E-state index contributed by atoms with van der Waals surface area (Å²) in [5, 5.41) is 10.5. The van der Waals surface area contributed by atoms with E-state index in [4.69, 9.17) is 11.6 Å². The second-order valence-electron chi connectivity index (χ2n) is 2.17. The first kappa shape index (κ1) is 10.1. The summed E-state index contributed by atoms with van der Waals surface area (Å²) in [7, 11) is 0. The molecule has 1 aromatic rings. The van der Waals surface area contributed by atoms with Crippen LogP contribution in [0.1, 0.15) is 10.4 Å². The summed E-state index contributed by atoms with van der Waals surface area (Å²) in [5.41, 5.74) is -0.0811. The van der Waals surface area contributed by atoms with E-state index in [-0.39, 0.29) is 20.7 Å². The fraction of sp³-hybridized carbons (Fsp3) is 0. The Hall–Kier alpha value is -0.940. The highest BCUT2D eigenvalue weighted by molar-refractivity contribution is 9.10. The van der Waals surface area contributed by atoms with Crippen LogP contribution in [0.15, 0.2) is 16.6 Å². The van der Waals surface area contributed by atoms with Crippen LogP contribution >= 0.6 is 27.5 Å². The number of nitrogens with zero attached hydrogens (tertiary/aromatic N) is 1. The topological polar surface area (TPSA) is 60.2 Å². The summed E-state index contributed by atoms with van der Waals surface area (Å²) in [5.74, 6) is 0. The van der Waals surface area contributed by atoms with Crippen LogP contribution in [0.2, 0.25) is 5.02 Å². The zero-order chi connectivity index (χ0) is 10.0. The van der Waals surface area contributed by atoms with Crippen LogP contribution in [-0.2, 0) is 0 Å². The molecule has 0 bridgehead atoms. The van der Waals surface area contributed by atoms with Crippen molar-refractivity contribution in [2.75, 3.05) is 0 Å². The lowest BCUT2D eigenvalue weighted by molar-refractivity contribution is -0.385. The summed E-state index contributed by atoms with van der Waals surface area (Å²) in [6.07, 6.45) is 0.521. The fourth-order valence-corrected chi connectivity index (χ4v) is 1.74. The van der Waals surface area contributed by atoms with Gasteiger partial charge in [-0.15, -0.1) is 0 Å². The molecule has 0 fully saturated rings. The normalized spacial score (nSPS) is 9.69. The lowest BCUT2D eigenvalue weighted by Gasteiger charge is -1.99. The maximum atomic E-state index is 10.5. The minimum atomic E-state index is -0.639. The van der Waals surface area contributed by atoms with Crippen molar-refractivity contribution in [2.45, 2.75) is 0 Å². The van der Waals surface area contributed by atoms with E-state index in [9.17, 15) is 14.9 Å². The van der Waals surface area contributed by atoms with Gasteiger partial charge in [-0.1, -0.05) is 11.6 Å². The predicted molar refractivity (Wildman–Crippen MR) is 51.2 cm³/mol. The van der Waals surface area contributed by atoms with E-state index >= 15 is 0 Å². The smallest absolute Gasteiger partial charge is 0.298 e. The molecule has 1 aromatic carbocycles. The van der Waals surface area contributed by atoms with Crippen LogP contribution in [0.3, 0.4) is 0 Å². The number of halogens is 2. The average Bonchev–Trinajstić information content (AvgIpc) is 2.04. The minimum absolute atomic E-state index is 0.00229. The van der Waals surface area contributed by atoms with Gasteiger partial charge < -0.3 is 0 Å². The number of hydrogen-bond donors (Lipinski definition) is 0. The summed E-state index contributed by atoms with van der Waals surface area (Å²) < 4.78 is 0.111. The Labute approximate surface area is 86.8 Å². The van der Waals surface area contributed by atoms with E-state index < -0.39 is 4.92 Å². The van der Waals surface area contributed by atoms with Gasteiger partial charge in [0.15, 0.2) is 6.29 Å². The van der Waals surface area contributed by atoms with Crippen LogP contribution in [0, 0.1) is 10.1 Å². The third-order valence-corrected chi connectivity index (χ3v) is 2.54. The highest BCUT2D eigenvalue weighted by atomic mass is 79.9. The molecule has 0 amide bonds. The standard InChI is InChI=1S/C7H3BrClNO3/c8-6-4(3-11)1-2-5(9)7(6)10(12)13/h1-3H. The molecule has 0 aliphatic heterocycles. The monoisotopic (exact) mass is 263 g/mol. The van der Waals surface area contributed by atoms with E-state index in [1.165, 1.54) is 12.1 Å². The Kier molecular flexibility index (Phi) is 3.00. The second kappa shape index (κ2) is 3.85. The van der Waals surface area contributed by atoms with Gasteiger partial charge in [0.2, 0.25) is 0 Å². The maximum absolute atomic E-state index is 10.5. The Morgan fingerprint density at radius 1 is 1.54 bits per heavy atom. The van der Waals surface area contributed by atoms with Gasteiger partial charge in [0.1, 0.15) is 9.50 Å². The first-order valence-electron chi connectivity index (χ1n) is 3.15. The van der Waals surface area contributed by atoms with Gasteiger partial charge in [0.25, 0.3) is 0 Å². The molecule has 0 radical (unpaired) electrons. The molecule has 0 unspecified atom stereocenters. The van der Waals surface area contributed by atoms with Gasteiger partial charge in [0, 0.05) is 5.56 Å². The molecular formula is C7H3BrClNO3. The quantitative estimate of drug-likeness (QED) is 0.469. The predicted octanol–water partition coefficient (Wildman–Crippen LogP) is 2.82. The van der Waals surface area contributed by atoms with Gasteiger partial charge in [0.05, 0.1) is 4.92 Å². The van der Waals surface area contributed by atoms with Crippen LogP contribution in [0.4, 0.5) is 5.69 Å². The molecule has 0 atom stereocenters. The molecular weight excluding hydrogens is 261 g/mol. The lowest BCUT2D eigenvalue weighted by atomic mass is 10.2. The summed E-state index contributed by atoms with van der Waals surface area (Å²) >= 11 is 8.50. The Balaban J connectivity index is 3.47. The van der Waals surface area contributed by atoms with E-state index in [1.54, 1.807) is 0 Å². The van der Waals surface area contributed by atoms with E-state index in [1.807, 2.05) is 0 Å². The minimum Gasteiger partial charge on any atom is -0.298 e. The van der Waals surface area contributed by atoms with E-state index in [2.05, 4.69) is 15.9 Å². The number of nitro groups is 1. The number of carbonyl (C=O) groups excluding carboxylic acids is 1. The van der Waals surface area contributed by atoms with Crippen molar-refractivity contribution >= 4 is 39.5 Å². The van der Waals surface area contributed by atoms with E-state index in [0.29, 0.717) is 6.29 Å². The average molecular weight is 264 g/mol. The highest BCUT2D eigenvalue weighted by Gasteiger charge is 2.19. The molecule has 0 N–H and O–H groups in total. The van der Waals surface area contributed by atoms with Crippen molar-refractivity contribution in [2.24, 2.45) is 0 Å². The van der Waals surface area contributed by atoms with Gasteiger partial charge in [-0.25, -0.2) is 0 Å². The second-order valence-corrected chi connectivity index (χ2v) is 3.37. The first-order chi connectivity index (χ1) is 6.07. The SMILES string of the molecule is O=Cc1ccc(Cl)c([N+](=O)[O-])c1Br. The number of hydrogen-bond acceptors (Lipinski definition) is 3. The zero-order valence-corrected chi connectivity index (χ0v) is 8.50. The molecule has 0 aromatic heterocycles. The lowest BCUT2D eigenvalue weighted by Crippen LogP contribution is -1.93. The van der Waals surface area contributed by atoms with Gasteiger partial charge in [-0.2, -0.15) is 0 Å². The van der Waals surface area contributed by atoms with Crippen LogP contribution < -0.4 is 0 Å². The highest BCUT2D eigenvalue weighted by Crippen LogP contribution is 2.34. The molecule has 68 valence electrons. The Bertz CT molecular complexity index is 380. The summed E-state index contributed by atoms with van der Waals surface area (Å²) in [4.78, 5) is 20.3. The van der Waals surface area contributed by atoms with Crippen molar-refractivity contribution in [3.05, 3.63) is 37.3 Å².